The van der Waals surface area contributed by atoms with Crippen LogP contribution in [0.2, 0.25) is 0 Å². The molecule has 1 N–H and O–H groups in total. The maximum atomic E-state index is 10.6. The van der Waals surface area contributed by atoms with E-state index in [-0.39, 0.29) is 12.3 Å². The van der Waals surface area contributed by atoms with E-state index in [0.29, 0.717) is 0 Å². The van der Waals surface area contributed by atoms with E-state index in [1.165, 1.54) is 0 Å². The average molecular weight is 190 g/mol. The summed E-state index contributed by atoms with van der Waals surface area (Å²) in [5.41, 5.74) is 2.15. The number of aryl methyl sites for hydroxylation is 1. The van der Waals surface area contributed by atoms with Crippen molar-refractivity contribution in [2.45, 2.75) is 19.3 Å². The fourth-order valence-electron chi connectivity index (χ4n) is 1.43. The monoisotopic (exact) mass is 190 g/mol. The zero-order valence-corrected chi connectivity index (χ0v) is 8.23. The van der Waals surface area contributed by atoms with Crippen molar-refractivity contribution in [2.24, 2.45) is 0 Å². The van der Waals surface area contributed by atoms with Crippen LogP contribution in [-0.2, 0) is 4.79 Å². The van der Waals surface area contributed by atoms with Gasteiger partial charge in [-0.3, -0.25) is 4.79 Å². The second-order valence-corrected chi connectivity index (χ2v) is 3.35. The minimum absolute atomic E-state index is 0.0904. The van der Waals surface area contributed by atoms with E-state index >= 15 is 0 Å². The van der Waals surface area contributed by atoms with Crippen molar-refractivity contribution in [3.63, 3.8) is 0 Å². The van der Waals surface area contributed by atoms with Gasteiger partial charge in [-0.2, -0.15) is 0 Å². The highest BCUT2D eigenvalue weighted by Gasteiger charge is 2.11. The molecule has 74 valence electrons. The molecule has 0 bridgehead atoms. The summed E-state index contributed by atoms with van der Waals surface area (Å²) in [5.74, 6) is -0.885. The third kappa shape index (κ3) is 2.73. The molecule has 0 spiro atoms. The molecule has 0 unspecified atom stereocenters. The molecule has 1 rings (SSSR count). The van der Waals surface area contributed by atoms with Crippen molar-refractivity contribution in [1.82, 2.24) is 0 Å². The average Bonchev–Trinajstić information content (AvgIpc) is 2.14. The molecular formula is C12H14O2. The molecule has 1 aromatic rings. The lowest BCUT2D eigenvalue weighted by Crippen LogP contribution is -2.03. The van der Waals surface area contributed by atoms with E-state index in [4.69, 9.17) is 5.11 Å². The van der Waals surface area contributed by atoms with Crippen LogP contribution in [0.25, 0.3) is 0 Å². The zero-order valence-electron chi connectivity index (χ0n) is 8.23. The lowest BCUT2D eigenvalue weighted by atomic mass is 9.95. The second kappa shape index (κ2) is 4.61. The van der Waals surface area contributed by atoms with Gasteiger partial charge in [0.25, 0.3) is 0 Å². The van der Waals surface area contributed by atoms with E-state index in [9.17, 15) is 4.79 Å². The highest BCUT2D eigenvalue weighted by atomic mass is 16.4. The molecule has 0 radical (unpaired) electrons. The number of hydrogen-bond donors (Lipinski definition) is 1. The Kier molecular flexibility index (Phi) is 3.46. The molecule has 0 aromatic heterocycles. The van der Waals surface area contributed by atoms with Gasteiger partial charge in [0, 0.05) is 5.92 Å². The predicted octanol–water partition coefficient (Wildman–Crippen LogP) is 2.74. The van der Waals surface area contributed by atoms with Crippen molar-refractivity contribution < 1.29 is 9.90 Å². The fraction of sp³-hybridized carbons (Fsp3) is 0.250. The van der Waals surface area contributed by atoms with Crippen molar-refractivity contribution >= 4 is 5.97 Å². The van der Waals surface area contributed by atoms with E-state index in [0.717, 1.165) is 11.1 Å². The van der Waals surface area contributed by atoms with Crippen molar-refractivity contribution in [2.75, 3.05) is 0 Å². The Morgan fingerprint density at radius 3 is 2.86 bits per heavy atom. The Hall–Kier alpha value is -1.57. The van der Waals surface area contributed by atoms with Crippen LogP contribution in [-0.4, -0.2) is 11.1 Å². The van der Waals surface area contributed by atoms with Gasteiger partial charge < -0.3 is 5.11 Å². The number of carboxylic acid groups (broad SMARTS) is 1. The summed E-state index contributed by atoms with van der Waals surface area (Å²) in [7, 11) is 0. The molecule has 0 amide bonds. The van der Waals surface area contributed by atoms with Crippen LogP contribution in [0, 0.1) is 6.92 Å². The number of carbonyl (C=O) groups is 1. The number of benzene rings is 1. The maximum absolute atomic E-state index is 10.6. The number of carboxylic acids is 1. The summed E-state index contributed by atoms with van der Waals surface area (Å²) in [6.07, 6.45) is 1.79. The molecule has 0 aliphatic carbocycles. The van der Waals surface area contributed by atoms with Gasteiger partial charge in [0.15, 0.2) is 0 Å². The number of allylic oxidation sites excluding steroid dienone is 1. The van der Waals surface area contributed by atoms with Crippen LogP contribution in [0.1, 0.15) is 23.5 Å². The predicted molar refractivity (Wildman–Crippen MR) is 56.4 cm³/mol. The molecule has 1 aromatic carbocycles. The highest BCUT2D eigenvalue weighted by Crippen LogP contribution is 2.21. The smallest absolute Gasteiger partial charge is 0.304 e. The van der Waals surface area contributed by atoms with Crippen LogP contribution < -0.4 is 0 Å². The van der Waals surface area contributed by atoms with Gasteiger partial charge in [-0.1, -0.05) is 35.9 Å². The van der Waals surface area contributed by atoms with Crippen molar-refractivity contribution in [3.05, 3.63) is 48.0 Å². The Labute approximate surface area is 83.9 Å². The topological polar surface area (TPSA) is 37.3 Å². The largest absolute Gasteiger partial charge is 0.481 e. The van der Waals surface area contributed by atoms with Gasteiger partial charge in [-0.05, 0) is 12.5 Å². The van der Waals surface area contributed by atoms with Crippen LogP contribution in [0.15, 0.2) is 36.9 Å². The molecule has 2 heteroatoms. The standard InChI is InChI=1S/C12H14O2/c1-3-10(8-12(13)14)11-6-4-5-9(2)7-11/h3-7,10H,1,8H2,2H3,(H,13,14)/t10-/m1/s1. The Morgan fingerprint density at radius 2 is 2.36 bits per heavy atom. The number of hydrogen-bond acceptors (Lipinski definition) is 1. The maximum Gasteiger partial charge on any atom is 0.304 e. The minimum atomic E-state index is -0.795. The molecule has 0 fully saturated rings. The lowest BCUT2D eigenvalue weighted by Gasteiger charge is -2.10. The first-order valence-electron chi connectivity index (χ1n) is 4.54. The highest BCUT2D eigenvalue weighted by molar-refractivity contribution is 5.68. The number of rotatable bonds is 4. The third-order valence-corrected chi connectivity index (χ3v) is 2.15. The molecule has 14 heavy (non-hydrogen) atoms. The Balaban J connectivity index is 2.89. The Morgan fingerprint density at radius 1 is 1.64 bits per heavy atom. The molecule has 0 heterocycles. The van der Waals surface area contributed by atoms with Crippen LogP contribution >= 0.6 is 0 Å². The summed E-state index contributed by atoms with van der Waals surface area (Å²) < 4.78 is 0. The normalized spacial score (nSPS) is 12.1. The lowest BCUT2D eigenvalue weighted by molar-refractivity contribution is -0.137. The molecular weight excluding hydrogens is 176 g/mol. The van der Waals surface area contributed by atoms with Crippen molar-refractivity contribution in [1.29, 1.82) is 0 Å². The van der Waals surface area contributed by atoms with Crippen LogP contribution in [0.3, 0.4) is 0 Å². The molecule has 0 aliphatic rings. The zero-order chi connectivity index (χ0) is 10.6. The third-order valence-electron chi connectivity index (χ3n) is 2.15. The first-order chi connectivity index (χ1) is 6.63. The number of aliphatic carboxylic acids is 1. The van der Waals surface area contributed by atoms with Gasteiger partial charge in [0.05, 0.1) is 6.42 Å². The van der Waals surface area contributed by atoms with Gasteiger partial charge in [-0.25, -0.2) is 0 Å². The first kappa shape index (κ1) is 10.5. The minimum Gasteiger partial charge on any atom is -0.481 e. The molecule has 0 saturated heterocycles. The van der Waals surface area contributed by atoms with E-state index in [1.807, 2.05) is 31.2 Å². The second-order valence-electron chi connectivity index (χ2n) is 3.35. The van der Waals surface area contributed by atoms with Gasteiger partial charge in [0.2, 0.25) is 0 Å². The quantitative estimate of drug-likeness (QED) is 0.741. The van der Waals surface area contributed by atoms with Gasteiger partial charge in [0.1, 0.15) is 0 Å². The van der Waals surface area contributed by atoms with Gasteiger partial charge >= 0.3 is 5.97 Å². The summed E-state index contributed by atoms with van der Waals surface area (Å²) in [4.78, 5) is 10.6. The van der Waals surface area contributed by atoms with E-state index in [1.54, 1.807) is 6.08 Å². The molecule has 2 nitrogen and oxygen atoms in total. The molecule has 0 saturated carbocycles. The summed E-state index contributed by atoms with van der Waals surface area (Å²) in [6.45, 7) is 5.65. The first-order valence-corrected chi connectivity index (χ1v) is 4.54. The van der Waals surface area contributed by atoms with Crippen LogP contribution in [0.4, 0.5) is 0 Å². The molecule has 0 aliphatic heterocycles. The van der Waals surface area contributed by atoms with E-state index in [2.05, 4.69) is 6.58 Å². The van der Waals surface area contributed by atoms with Gasteiger partial charge in [-0.15, -0.1) is 6.58 Å². The van der Waals surface area contributed by atoms with Crippen LogP contribution in [0.5, 0.6) is 0 Å². The Bertz CT molecular complexity index is 342. The summed E-state index contributed by atoms with van der Waals surface area (Å²) in [5, 5.41) is 8.70. The van der Waals surface area contributed by atoms with Crippen molar-refractivity contribution in [3.8, 4) is 0 Å². The SMILES string of the molecule is C=C[C@H](CC(=O)O)c1cccc(C)c1. The fourth-order valence-corrected chi connectivity index (χ4v) is 1.43. The van der Waals surface area contributed by atoms with E-state index < -0.39 is 5.97 Å². The summed E-state index contributed by atoms with van der Waals surface area (Å²) in [6, 6.07) is 7.85. The molecule has 1 atom stereocenters. The summed E-state index contributed by atoms with van der Waals surface area (Å²) >= 11 is 0.